The van der Waals surface area contributed by atoms with E-state index >= 15 is 0 Å². The summed E-state index contributed by atoms with van der Waals surface area (Å²) >= 11 is 1.76. The molecule has 3 aromatic rings. The number of furan rings is 1. The van der Waals surface area contributed by atoms with E-state index in [-0.39, 0.29) is 18.1 Å². The molecule has 2 aromatic heterocycles. The van der Waals surface area contributed by atoms with Gasteiger partial charge in [0.15, 0.2) is 5.76 Å². The number of ketones is 1. The summed E-state index contributed by atoms with van der Waals surface area (Å²) in [6.07, 6.45) is 2.46. The number of carbonyl (C=O) groups is 1. The lowest BCUT2D eigenvalue weighted by atomic mass is 10.1. The van der Waals surface area contributed by atoms with Crippen LogP contribution in [-0.2, 0) is 0 Å². The smallest absolute Gasteiger partial charge is 0.212 e. The number of fused-ring (bicyclic) bond motifs is 1. The zero-order chi connectivity index (χ0) is 18.8. The van der Waals surface area contributed by atoms with E-state index in [4.69, 9.17) is 4.42 Å². The molecule has 3 heterocycles. The van der Waals surface area contributed by atoms with Crippen LogP contribution in [0.2, 0.25) is 0 Å². The molecule has 0 aliphatic carbocycles. The highest BCUT2D eigenvalue weighted by molar-refractivity contribution is 7.10. The Morgan fingerprint density at radius 3 is 2.89 bits per heavy atom. The molecule has 0 amide bonds. The number of Topliss-reactive ketones (excluding diaryl/α,β-unsaturated/α-hetero) is 1. The zero-order valence-electron chi connectivity index (χ0n) is 15.3. The van der Waals surface area contributed by atoms with Crippen molar-refractivity contribution in [1.29, 1.82) is 0 Å². The van der Waals surface area contributed by atoms with Gasteiger partial charge in [0.2, 0.25) is 5.78 Å². The van der Waals surface area contributed by atoms with E-state index in [1.807, 2.05) is 0 Å². The van der Waals surface area contributed by atoms with Gasteiger partial charge in [-0.25, -0.2) is 4.39 Å². The third kappa shape index (κ3) is 3.83. The van der Waals surface area contributed by atoms with E-state index in [0.717, 1.165) is 19.6 Å². The van der Waals surface area contributed by atoms with Gasteiger partial charge in [-0.2, -0.15) is 0 Å². The minimum Gasteiger partial charge on any atom is -0.453 e. The summed E-state index contributed by atoms with van der Waals surface area (Å²) in [5.41, 5.74) is 1.25. The van der Waals surface area contributed by atoms with Crippen LogP contribution in [0.1, 0.15) is 39.9 Å². The van der Waals surface area contributed by atoms with E-state index < -0.39 is 0 Å². The molecule has 0 radical (unpaired) electrons. The number of nitrogens with one attached hydrogen (secondary N) is 1. The second-order valence-corrected chi connectivity index (χ2v) is 8.00. The number of aryl methyl sites for hydroxylation is 1. The van der Waals surface area contributed by atoms with Crippen molar-refractivity contribution in [3.8, 4) is 0 Å². The van der Waals surface area contributed by atoms with Gasteiger partial charge in [0.05, 0.1) is 12.6 Å². The van der Waals surface area contributed by atoms with Crippen LogP contribution in [0, 0.1) is 12.7 Å². The molecular formula is C21H23FN2O2S. The van der Waals surface area contributed by atoms with Crippen LogP contribution in [0.3, 0.4) is 0 Å². The maximum absolute atomic E-state index is 13.5. The maximum Gasteiger partial charge on any atom is 0.212 e. The molecule has 1 aliphatic heterocycles. The van der Waals surface area contributed by atoms with Gasteiger partial charge in [-0.3, -0.25) is 9.69 Å². The van der Waals surface area contributed by atoms with Gasteiger partial charge in [0.1, 0.15) is 11.4 Å². The van der Waals surface area contributed by atoms with Crippen LogP contribution < -0.4 is 5.32 Å². The van der Waals surface area contributed by atoms with Crippen molar-refractivity contribution in [2.24, 2.45) is 0 Å². The third-order valence-electron chi connectivity index (χ3n) is 5.23. The van der Waals surface area contributed by atoms with Crippen LogP contribution in [0.15, 0.2) is 40.1 Å². The molecule has 1 unspecified atom stereocenters. The highest BCUT2D eigenvalue weighted by Gasteiger charge is 2.25. The van der Waals surface area contributed by atoms with Gasteiger partial charge >= 0.3 is 0 Å². The van der Waals surface area contributed by atoms with Gasteiger partial charge < -0.3 is 9.73 Å². The van der Waals surface area contributed by atoms with Gasteiger partial charge in [-0.1, -0.05) is 6.07 Å². The first-order valence-electron chi connectivity index (χ1n) is 9.33. The van der Waals surface area contributed by atoms with Crippen molar-refractivity contribution in [1.82, 2.24) is 10.2 Å². The SMILES string of the molecule is Cc1c(C(=O)CNCC(c2cccs2)N2CCCC2)oc2ccc(F)cc12. The summed E-state index contributed by atoms with van der Waals surface area (Å²) < 4.78 is 19.1. The molecule has 4 rings (SSSR count). The lowest BCUT2D eigenvalue weighted by Gasteiger charge is -2.26. The van der Waals surface area contributed by atoms with E-state index in [0.29, 0.717) is 28.3 Å². The zero-order valence-corrected chi connectivity index (χ0v) is 16.2. The maximum atomic E-state index is 13.5. The van der Waals surface area contributed by atoms with Crippen molar-refractivity contribution < 1.29 is 13.6 Å². The lowest BCUT2D eigenvalue weighted by molar-refractivity contribution is 0.0962. The molecule has 1 saturated heterocycles. The topological polar surface area (TPSA) is 45.5 Å². The number of halogens is 1. The standard InChI is InChI=1S/C21H23FN2O2S/c1-14-16-11-15(22)6-7-19(16)26-21(14)18(25)13-23-12-17(20-5-4-10-27-20)24-8-2-3-9-24/h4-7,10-11,17,23H,2-3,8-9,12-13H2,1H3. The molecule has 27 heavy (non-hydrogen) atoms. The second kappa shape index (κ2) is 7.92. The molecule has 1 atom stereocenters. The summed E-state index contributed by atoms with van der Waals surface area (Å²) in [7, 11) is 0. The first-order valence-corrected chi connectivity index (χ1v) is 10.2. The Hall–Kier alpha value is -2.02. The molecule has 1 aromatic carbocycles. The molecule has 0 bridgehead atoms. The van der Waals surface area contributed by atoms with Crippen LogP contribution >= 0.6 is 11.3 Å². The van der Waals surface area contributed by atoms with Crippen LogP contribution in [0.25, 0.3) is 11.0 Å². The molecule has 1 aliphatic rings. The van der Waals surface area contributed by atoms with E-state index in [2.05, 4.69) is 27.7 Å². The third-order valence-corrected chi connectivity index (χ3v) is 6.20. The normalized spacial score (nSPS) is 16.2. The first-order chi connectivity index (χ1) is 13.1. The molecule has 0 saturated carbocycles. The number of rotatable bonds is 7. The number of nitrogens with zero attached hydrogens (tertiary/aromatic N) is 1. The predicted octanol–water partition coefficient (Wildman–Crippen LogP) is 4.55. The van der Waals surface area contributed by atoms with E-state index in [1.165, 1.54) is 29.9 Å². The van der Waals surface area contributed by atoms with Gasteiger partial charge in [0, 0.05) is 22.4 Å². The number of benzene rings is 1. The van der Waals surface area contributed by atoms with Gasteiger partial charge in [0.25, 0.3) is 0 Å². The van der Waals surface area contributed by atoms with Crippen molar-refractivity contribution in [2.75, 3.05) is 26.2 Å². The van der Waals surface area contributed by atoms with Crippen LogP contribution in [-0.4, -0.2) is 36.9 Å². The Morgan fingerprint density at radius 2 is 2.15 bits per heavy atom. The number of thiophene rings is 1. The largest absolute Gasteiger partial charge is 0.453 e. The molecular weight excluding hydrogens is 363 g/mol. The number of hydrogen-bond acceptors (Lipinski definition) is 5. The van der Waals surface area contributed by atoms with Gasteiger partial charge in [-0.05, 0) is 62.5 Å². The fourth-order valence-corrected chi connectivity index (χ4v) is 4.67. The summed E-state index contributed by atoms with van der Waals surface area (Å²) in [5.74, 6) is -0.111. The molecule has 1 fully saturated rings. The average Bonchev–Trinajstić information content (AvgIpc) is 3.41. The fraction of sp³-hybridized carbons (Fsp3) is 0.381. The highest BCUT2D eigenvalue weighted by atomic mass is 32.1. The molecule has 0 spiro atoms. The van der Waals surface area contributed by atoms with Crippen molar-refractivity contribution in [2.45, 2.75) is 25.8 Å². The Bertz CT molecular complexity index is 929. The van der Waals surface area contributed by atoms with Gasteiger partial charge in [-0.15, -0.1) is 11.3 Å². The number of carbonyl (C=O) groups excluding carboxylic acids is 1. The quantitative estimate of drug-likeness (QED) is 0.605. The Kier molecular flexibility index (Phi) is 5.38. The van der Waals surface area contributed by atoms with Crippen molar-refractivity contribution in [3.63, 3.8) is 0 Å². The van der Waals surface area contributed by atoms with E-state index in [1.54, 1.807) is 24.3 Å². The average molecular weight is 386 g/mol. The summed E-state index contributed by atoms with van der Waals surface area (Å²) in [6, 6.07) is 8.87. The minimum atomic E-state index is -0.326. The molecule has 4 nitrogen and oxygen atoms in total. The van der Waals surface area contributed by atoms with Crippen LogP contribution in [0.5, 0.6) is 0 Å². The Labute approximate surface area is 162 Å². The number of hydrogen-bond donors (Lipinski definition) is 1. The lowest BCUT2D eigenvalue weighted by Crippen LogP contribution is -2.35. The minimum absolute atomic E-state index is 0.101. The number of likely N-dealkylation sites (tertiary alicyclic amines) is 1. The van der Waals surface area contributed by atoms with Crippen LogP contribution in [0.4, 0.5) is 4.39 Å². The first kappa shape index (κ1) is 18.3. The Balaban J connectivity index is 1.43. The summed E-state index contributed by atoms with van der Waals surface area (Å²) in [6.45, 7) is 4.94. The Morgan fingerprint density at radius 1 is 1.33 bits per heavy atom. The van der Waals surface area contributed by atoms with E-state index in [9.17, 15) is 9.18 Å². The molecule has 6 heteroatoms. The fourth-order valence-electron chi connectivity index (χ4n) is 3.81. The summed E-state index contributed by atoms with van der Waals surface area (Å²) in [5, 5.41) is 6.07. The summed E-state index contributed by atoms with van der Waals surface area (Å²) in [4.78, 5) is 16.5. The second-order valence-electron chi connectivity index (χ2n) is 7.03. The highest BCUT2D eigenvalue weighted by Crippen LogP contribution is 2.28. The van der Waals surface area contributed by atoms with Crippen molar-refractivity contribution in [3.05, 3.63) is 57.7 Å². The molecule has 1 N–H and O–H groups in total. The van der Waals surface area contributed by atoms with Crippen molar-refractivity contribution >= 4 is 28.1 Å². The predicted molar refractivity (Wildman–Crippen MR) is 106 cm³/mol. The monoisotopic (exact) mass is 386 g/mol. The molecule has 142 valence electrons.